The van der Waals surface area contributed by atoms with Gasteiger partial charge in [-0.15, -0.1) is 16.1 Å². The van der Waals surface area contributed by atoms with Crippen molar-refractivity contribution < 1.29 is 13.7 Å². The molecular formula is C15H17BrN4O3S2. The molecular weight excluding hydrogens is 428 g/mol. The van der Waals surface area contributed by atoms with Gasteiger partial charge in [0.15, 0.2) is 0 Å². The van der Waals surface area contributed by atoms with Gasteiger partial charge in [-0.1, -0.05) is 6.07 Å². The van der Waals surface area contributed by atoms with Crippen LogP contribution in [-0.4, -0.2) is 39.4 Å². The number of benzene rings is 1. The van der Waals surface area contributed by atoms with Gasteiger partial charge < -0.3 is 10.1 Å². The Bertz CT molecular complexity index is 898. The fourth-order valence-electron chi connectivity index (χ4n) is 1.84. The quantitative estimate of drug-likeness (QED) is 0.541. The lowest BCUT2D eigenvalue weighted by Crippen LogP contribution is -2.06. The third-order valence-electron chi connectivity index (χ3n) is 2.95. The van der Waals surface area contributed by atoms with E-state index < -0.39 is 15.8 Å². The summed E-state index contributed by atoms with van der Waals surface area (Å²) in [6.45, 7) is 1.84. The molecule has 0 fully saturated rings. The van der Waals surface area contributed by atoms with Crippen LogP contribution in [0.15, 0.2) is 49.2 Å². The summed E-state index contributed by atoms with van der Waals surface area (Å²) < 4.78 is 21.9. The maximum atomic E-state index is 12.7. The van der Waals surface area contributed by atoms with E-state index in [1.165, 1.54) is 18.0 Å². The van der Waals surface area contributed by atoms with Crippen LogP contribution in [-0.2, 0) is 14.5 Å². The summed E-state index contributed by atoms with van der Waals surface area (Å²) in [5.74, 6) is 0.412. The highest BCUT2D eigenvalue weighted by molar-refractivity contribution is 9.10. The van der Waals surface area contributed by atoms with Gasteiger partial charge in [0, 0.05) is 23.0 Å². The lowest BCUT2D eigenvalue weighted by Gasteiger charge is -2.09. The van der Waals surface area contributed by atoms with Gasteiger partial charge >= 0.3 is 6.09 Å². The first-order valence-electron chi connectivity index (χ1n) is 7.18. The zero-order chi connectivity index (χ0) is 18.4. The van der Waals surface area contributed by atoms with Gasteiger partial charge in [-0.2, -0.15) is 0 Å². The molecule has 0 bridgehead atoms. The topological polar surface area (TPSA) is 93.5 Å². The van der Waals surface area contributed by atoms with Gasteiger partial charge in [0.05, 0.1) is 20.8 Å². The molecule has 1 aromatic carbocycles. The molecule has 1 unspecified atom stereocenters. The number of anilines is 2. The average Bonchev–Trinajstić information content (AvgIpc) is 2.56. The Hall–Kier alpha value is -1.65. The minimum absolute atomic E-state index is 0.179. The van der Waals surface area contributed by atoms with Crippen LogP contribution in [0.2, 0.25) is 0 Å². The number of ether oxygens (including phenoxy) is 1. The van der Waals surface area contributed by atoms with Gasteiger partial charge in [-0.05, 0) is 47.3 Å². The first-order valence-corrected chi connectivity index (χ1v) is 11.1. The molecule has 1 atom stereocenters. The second-order valence-corrected chi connectivity index (χ2v) is 8.70. The van der Waals surface area contributed by atoms with Crippen molar-refractivity contribution in [1.82, 2.24) is 9.97 Å². The molecule has 0 spiro atoms. The molecule has 0 aliphatic carbocycles. The summed E-state index contributed by atoms with van der Waals surface area (Å²) >= 11 is 4.87. The molecule has 25 heavy (non-hydrogen) atoms. The van der Waals surface area contributed by atoms with Crippen LogP contribution in [0.3, 0.4) is 0 Å². The van der Waals surface area contributed by atoms with Crippen LogP contribution in [0.25, 0.3) is 0 Å². The van der Waals surface area contributed by atoms with E-state index in [-0.39, 0.29) is 6.61 Å². The zero-order valence-corrected chi connectivity index (χ0v) is 17.1. The number of hydrogen-bond donors (Lipinski definition) is 1. The molecule has 1 heterocycles. The van der Waals surface area contributed by atoms with Crippen molar-refractivity contribution >= 4 is 55.1 Å². The third kappa shape index (κ3) is 5.41. The van der Waals surface area contributed by atoms with Crippen molar-refractivity contribution in [2.75, 3.05) is 24.4 Å². The van der Waals surface area contributed by atoms with Crippen molar-refractivity contribution in [2.24, 2.45) is 4.36 Å². The van der Waals surface area contributed by atoms with Crippen molar-refractivity contribution in [3.05, 3.63) is 34.9 Å². The van der Waals surface area contributed by atoms with Crippen molar-refractivity contribution in [3.8, 4) is 0 Å². The summed E-state index contributed by atoms with van der Waals surface area (Å²) in [4.78, 5) is 20.5. The van der Waals surface area contributed by atoms with Crippen LogP contribution < -0.4 is 5.32 Å². The number of halogens is 1. The molecule has 134 valence electrons. The standard InChI is InChI=1S/C15H17BrN4O3S2/c1-4-23-15(21)20-25(3,22)11-7-5-6-10(8-11)18-14-17-9-12(16)13(19-14)24-2/h5-9H,4H2,1-3H3,(H,17,18,19). The lowest BCUT2D eigenvalue weighted by atomic mass is 10.3. The minimum Gasteiger partial charge on any atom is -0.448 e. The first-order chi connectivity index (χ1) is 11.9. The first kappa shape index (κ1) is 19.7. The van der Waals surface area contributed by atoms with E-state index in [0.29, 0.717) is 16.5 Å². The number of carbonyl (C=O) groups excluding carboxylic acids is 1. The van der Waals surface area contributed by atoms with E-state index in [1.54, 1.807) is 37.4 Å². The highest BCUT2D eigenvalue weighted by Crippen LogP contribution is 2.25. The van der Waals surface area contributed by atoms with Gasteiger partial charge in [-0.3, -0.25) is 0 Å². The molecule has 0 radical (unpaired) electrons. The van der Waals surface area contributed by atoms with E-state index in [1.807, 2.05) is 6.26 Å². The van der Waals surface area contributed by atoms with Crippen molar-refractivity contribution in [2.45, 2.75) is 16.8 Å². The molecule has 0 aliphatic heterocycles. The number of nitrogens with one attached hydrogen (secondary N) is 1. The predicted octanol–water partition coefficient (Wildman–Crippen LogP) is 4.32. The largest absolute Gasteiger partial charge is 0.448 e. The summed E-state index contributed by atoms with van der Waals surface area (Å²) in [6, 6.07) is 6.80. The van der Waals surface area contributed by atoms with Crippen LogP contribution in [0.5, 0.6) is 0 Å². The molecule has 10 heteroatoms. The van der Waals surface area contributed by atoms with Crippen molar-refractivity contribution in [3.63, 3.8) is 0 Å². The van der Waals surface area contributed by atoms with E-state index >= 15 is 0 Å². The highest BCUT2D eigenvalue weighted by atomic mass is 79.9. The maximum Gasteiger partial charge on any atom is 0.442 e. The van der Waals surface area contributed by atoms with E-state index in [4.69, 9.17) is 4.74 Å². The monoisotopic (exact) mass is 444 g/mol. The van der Waals surface area contributed by atoms with E-state index in [0.717, 1.165) is 9.50 Å². The Kier molecular flexibility index (Phi) is 6.79. The summed E-state index contributed by atoms with van der Waals surface area (Å²) in [5, 5.41) is 3.85. The van der Waals surface area contributed by atoms with Crippen molar-refractivity contribution in [1.29, 1.82) is 0 Å². The highest BCUT2D eigenvalue weighted by Gasteiger charge is 2.11. The fraction of sp³-hybridized carbons (Fsp3) is 0.267. The van der Waals surface area contributed by atoms with E-state index in [2.05, 4.69) is 35.6 Å². The Labute approximate surface area is 159 Å². The third-order valence-corrected chi connectivity index (χ3v) is 6.12. The van der Waals surface area contributed by atoms with Crippen LogP contribution >= 0.6 is 27.7 Å². The molecule has 1 amide bonds. The van der Waals surface area contributed by atoms with Crippen LogP contribution in [0.1, 0.15) is 6.92 Å². The second kappa shape index (κ2) is 8.63. The Balaban J connectivity index is 2.30. The smallest absolute Gasteiger partial charge is 0.442 e. The number of aromatic nitrogens is 2. The van der Waals surface area contributed by atoms with Gasteiger partial charge in [0.2, 0.25) is 5.95 Å². The molecule has 2 aromatic rings. The molecule has 1 aromatic heterocycles. The molecule has 1 N–H and O–H groups in total. The molecule has 7 nitrogen and oxygen atoms in total. The van der Waals surface area contributed by atoms with Gasteiger partial charge in [-0.25, -0.2) is 19.0 Å². The predicted molar refractivity (Wildman–Crippen MR) is 103 cm³/mol. The van der Waals surface area contributed by atoms with Crippen LogP contribution in [0.4, 0.5) is 16.4 Å². The SMILES string of the molecule is CCOC(=O)N=S(C)(=O)c1cccc(Nc2ncc(Br)c(SC)n2)c1. The zero-order valence-electron chi connectivity index (χ0n) is 13.9. The Morgan fingerprint density at radius 2 is 2.24 bits per heavy atom. The Morgan fingerprint density at radius 3 is 2.92 bits per heavy atom. The normalized spacial score (nSPS) is 13.0. The number of hydrogen-bond acceptors (Lipinski definition) is 7. The average molecular weight is 445 g/mol. The summed E-state index contributed by atoms with van der Waals surface area (Å²) in [6.07, 6.45) is 4.13. The van der Waals surface area contributed by atoms with E-state index in [9.17, 15) is 9.00 Å². The Morgan fingerprint density at radius 1 is 1.48 bits per heavy atom. The summed E-state index contributed by atoms with van der Waals surface area (Å²) in [7, 11) is -2.91. The fourth-order valence-corrected chi connectivity index (χ4v) is 4.06. The molecule has 0 saturated carbocycles. The number of carbonyl (C=O) groups is 1. The van der Waals surface area contributed by atoms with Gasteiger partial charge in [0.25, 0.3) is 0 Å². The lowest BCUT2D eigenvalue weighted by molar-refractivity contribution is 0.164. The number of amides is 1. The molecule has 0 aliphatic rings. The second-order valence-electron chi connectivity index (χ2n) is 4.80. The molecule has 2 rings (SSSR count). The van der Waals surface area contributed by atoms with Gasteiger partial charge in [0.1, 0.15) is 5.03 Å². The number of thioether (sulfide) groups is 1. The maximum absolute atomic E-state index is 12.7. The number of nitrogens with zero attached hydrogens (tertiary/aromatic N) is 3. The summed E-state index contributed by atoms with van der Waals surface area (Å²) in [5.41, 5.74) is 0.639. The van der Waals surface area contributed by atoms with Crippen LogP contribution in [0, 0.1) is 0 Å². The molecule has 0 saturated heterocycles. The minimum atomic E-state index is -2.91. The number of rotatable bonds is 5.